The number of thioether (sulfide) groups is 1. The van der Waals surface area contributed by atoms with Gasteiger partial charge >= 0.3 is 0 Å². The fourth-order valence-electron chi connectivity index (χ4n) is 3.65. The molecule has 1 N–H and O–H groups in total. The minimum absolute atomic E-state index is 0.0850. The average Bonchev–Trinajstić information content (AvgIpc) is 3.56. The number of nitrogens with one attached hydrogen (secondary N) is 1. The lowest BCUT2D eigenvalue weighted by atomic mass is 10.0. The number of fused-ring (bicyclic) bond motifs is 1. The molecule has 0 radical (unpaired) electrons. The Kier molecular flexibility index (Phi) is 5.98. The van der Waals surface area contributed by atoms with Gasteiger partial charge < -0.3 is 5.32 Å². The molecule has 1 fully saturated rings. The largest absolute Gasteiger partial charge is 0.326 e. The molecule has 3 aromatic rings. The number of hydrogen-bond donors (Lipinski definition) is 1. The monoisotopic (exact) mass is 390 g/mol. The van der Waals surface area contributed by atoms with Crippen molar-refractivity contribution in [3.8, 4) is 0 Å². The van der Waals surface area contributed by atoms with E-state index in [2.05, 4.69) is 58.7 Å². The number of hydrogen-bond acceptors (Lipinski definition) is 3. The highest BCUT2D eigenvalue weighted by Crippen LogP contribution is 2.30. The Hall–Kier alpha value is -2.30. The van der Waals surface area contributed by atoms with E-state index in [0.29, 0.717) is 12.5 Å². The van der Waals surface area contributed by atoms with E-state index in [-0.39, 0.29) is 5.91 Å². The van der Waals surface area contributed by atoms with Gasteiger partial charge in [-0.15, -0.1) is 11.8 Å². The zero-order valence-corrected chi connectivity index (χ0v) is 17.0. The summed E-state index contributed by atoms with van der Waals surface area (Å²) >= 11 is 1.68. The molecule has 0 aliphatic heterocycles. The molecular weight excluding hydrogens is 364 g/mol. The first-order valence-electron chi connectivity index (χ1n) is 9.87. The SMILES string of the molecule is CSc1cccc(NC(=O)CCN(Cc2cccc3ccccc23)C2CC2)c1. The predicted octanol–water partition coefficient (Wildman–Crippen LogP) is 5.55. The van der Waals surface area contributed by atoms with Crippen LogP contribution >= 0.6 is 11.8 Å². The van der Waals surface area contributed by atoms with E-state index in [1.165, 1.54) is 29.2 Å². The van der Waals surface area contributed by atoms with Crippen molar-refractivity contribution in [2.45, 2.75) is 36.7 Å². The van der Waals surface area contributed by atoms with E-state index >= 15 is 0 Å². The Balaban J connectivity index is 1.39. The quantitative estimate of drug-likeness (QED) is 0.512. The highest BCUT2D eigenvalue weighted by Gasteiger charge is 2.29. The number of carbonyl (C=O) groups excluding carboxylic acids is 1. The zero-order chi connectivity index (χ0) is 19.3. The van der Waals surface area contributed by atoms with Crippen molar-refractivity contribution in [3.05, 3.63) is 72.3 Å². The summed E-state index contributed by atoms with van der Waals surface area (Å²) in [5.41, 5.74) is 2.22. The van der Waals surface area contributed by atoms with Crippen LogP contribution in [0.5, 0.6) is 0 Å². The highest BCUT2D eigenvalue weighted by atomic mass is 32.2. The number of amides is 1. The third-order valence-electron chi connectivity index (χ3n) is 5.30. The van der Waals surface area contributed by atoms with Crippen molar-refractivity contribution in [1.82, 2.24) is 4.90 Å². The Bertz CT molecular complexity index is 962. The molecule has 0 bridgehead atoms. The number of nitrogens with zero attached hydrogens (tertiary/aromatic N) is 1. The van der Waals surface area contributed by atoms with E-state index in [9.17, 15) is 4.79 Å². The van der Waals surface area contributed by atoms with E-state index < -0.39 is 0 Å². The number of rotatable bonds is 8. The van der Waals surface area contributed by atoms with Crippen molar-refractivity contribution in [3.63, 3.8) is 0 Å². The second-order valence-corrected chi connectivity index (χ2v) is 8.25. The molecule has 1 saturated carbocycles. The lowest BCUT2D eigenvalue weighted by Crippen LogP contribution is -2.29. The van der Waals surface area contributed by atoms with Crippen LogP contribution in [0, 0.1) is 0 Å². The van der Waals surface area contributed by atoms with Crippen LogP contribution in [0.3, 0.4) is 0 Å². The molecule has 0 aromatic heterocycles. The summed E-state index contributed by atoms with van der Waals surface area (Å²) in [6, 6.07) is 23.7. The van der Waals surface area contributed by atoms with Crippen molar-refractivity contribution < 1.29 is 4.79 Å². The van der Waals surface area contributed by atoms with Crippen LogP contribution in [-0.2, 0) is 11.3 Å². The molecule has 28 heavy (non-hydrogen) atoms. The molecular formula is C24H26N2OS. The van der Waals surface area contributed by atoms with Gasteiger partial charge in [0.25, 0.3) is 0 Å². The van der Waals surface area contributed by atoms with Gasteiger partial charge in [0.1, 0.15) is 0 Å². The molecule has 0 atom stereocenters. The van der Waals surface area contributed by atoms with Gasteiger partial charge in [0.2, 0.25) is 5.91 Å². The molecule has 3 aromatic carbocycles. The minimum Gasteiger partial charge on any atom is -0.326 e. The van der Waals surface area contributed by atoms with Crippen LogP contribution in [0.1, 0.15) is 24.8 Å². The minimum atomic E-state index is 0.0850. The van der Waals surface area contributed by atoms with Crippen LogP contribution in [-0.4, -0.2) is 29.6 Å². The highest BCUT2D eigenvalue weighted by molar-refractivity contribution is 7.98. The molecule has 4 rings (SSSR count). The van der Waals surface area contributed by atoms with Gasteiger partial charge in [-0.2, -0.15) is 0 Å². The van der Waals surface area contributed by atoms with Crippen LogP contribution in [0.15, 0.2) is 71.6 Å². The lowest BCUT2D eigenvalue weighted by molar-refractivity contribution is -0.116. The molecule has 4 heteroatoms. The fourth-order valence-corrected chi connectivity index (χ4v) is 4.11. The van der Waals surface area contributed by atoms with E-state index in [1.807, 2.05) is 24.5 Å². The van der Waals surface area contributed by atoms with Gasteiger partial charge in [0.05, 0.1) is 0 Å². The second kappa shape index (κ2) is 8.80. The molecule has 0 unspecified atom stereocenters. The fraction of sp³-hybridized carbons (Fsp3) is 0.292. The summed E-state index contributed by atoms with van der Waals surface area (Å²) in [6.45, 7) is 1.70. The summed E-state index contributed by atoms with van der Waals surface area (Å²) in [5.74, 6) is 0.0850. The van der Waals surface area contributed by atoms with Gasteiger partial charge in [-0.1, -0.05) is 48.5 Å². The molecule has 1 amide bonds. The first-order chi connectivity index (χ1) is 13.7. The zero-order valence-electron chi connectivity index (χ0n) is 16.2. The van der Waals surface area contributed by atoms with Gasteiger partial charge in [-0.3, -0.25) is 9.69 Å². The van der Waals surface area contributed by atoms with Gasteiger partial charge in [-0.05, 0) is 53.6 Å². The predicted molar refractivity (Wildman–Crippen MR) is 119 cm³/mol. The van der Waals surface area contributed by atoms with Crippen molar-refractivity contribution in [1.29, 1.82) is 0 Å². The van der Waals surface area contributed by atoms with Crippen LogP contribution in [0.4, 0.5) is 5.69 Å². The molecule has 3 nitrogen and oxygen atoms in total. The Morgan fingerprint density at radius 2 is 1.86 bits per heavy atom. The van der Waals surface area contributed by atoms with Crippen molar-refractivity contribution in [2.75, 3.05) is 18.1 Å². The smallest absolute Gasteiger partial charge is 0.225 e. The standard InChI is InChI=1S/C24H26N2OS/c1-28-22-10-5-9-20(16-22)25-24(27)14-15-26(21-12-13-21)17-19-8-4-7-18-6-2-3-11-23(18)19/h2-11,16,21H,12-15,17H2,1H3,(H,25,27). The summed E-state index contributed by atoms with van der Waals surface area (Å²) in [7, 11) is 0. The summed E-state index contributed by atoms with van der Waals surface area (Å²) in [6.07, 6.45) is 5.04. The normalized spacial score (nSPS) is 13.8. The Labute approximate surface area is 171 Å². The summed E-state index contributed by atoms with van der Waals surface area (Å²) < 4.78 is 0. The van der Waals surface area contributed by atoms with Crippen molar-refractivity contribution in [2.24, 2.45) is 0 Å². The molecule has 0 heterocycles. The van der Waals surface area contributed by atoms with Gasteiger partial charge in [0, 0.05) is 36.1 Å². The lowest BCUT2D eigenvalue weighted by Gasteiger charge is -2.22. The summed E-state index contributed by atoms with van der Waals surface area (Å²) in [5, 5.41) is 5.64. The number of benzene rings is 3. The Morgan fingerprint density at radius 1 is 1.07 bits per heavy atom. The first-order valence-corrected chi connectivity index (χ1v) is 11.1. The van der Waals surface area contributed by atoms with E-state index in [0.717, 1.165) is 23.7 Å². The third-order valence-corrected chi connectivity index (χ3v) is 6.02. The van der Waals surface area contributed by atoms with E-state index in [4.69, 9.17) is 0 Å². The first kappa shape index (κ1) is 19.0. The molecule has 0 spiro atoms. The van der Waals surface area contributed by atoms with Gasteiger partial charge in [-0.25, -0.2) is 0 Å². The van der Waals surface area contributed by atoms with Crippen LogP contribution in [0.2, 0.25) is 0 Å². The van der Waals surface area contributed by atoms with Crippen molar-refractivity contribution >= 4 is 34.1 Å². The maximum Gasteiger partial charge on any atom is 0.225 e. The molecule has 144 valence electrons. The molecule has 0 saturated heterocycles. The number of anilines is 1. The Morgan fingerprint density at radius 3 is 2.68 bits per heavy atom. The molecule has 1 aliphatic rings. The number of carbonyl (C=O) groups is 1. The average molecular weight is 391 g/mol. The van der Waals surface area contributed by atoms with E-state index in [1.54, 1.807) is 11.8 Å². The topological polar surface area (TPSA) is 32.3 Å². The molecule has 1 aliphatic carbocycles. The van der Waals surface area contributed by atoms with Crippen LogP contribution in [0.25, 0.3) is 10.8 Å². The van der Waals surface area contributed by atoms with Crippen LogP contribution < -0.4 is 5.32 Å². The third kappa shape index (κ3) is 4.75. The van der Waals surface area contributed by atoms with Gasteiger partial charge in [0.15, 0.2) is 0 Å². The maximum absolute atomic E-state index is 12.5. The second-order valence-electron chi connectivity index (χ2n) is 7.37. The maximum atomic E-state index is 12.5. The summed E-state index contributed by atoms with van der Waals surface area (Å²) in [4.78, 5) is 16.1.